The van der Waals surface area contributed by atoms with Crippen molar-refractivity contribution in [1.82, 2.24) is 10.9 Å². The van der Waals surface area contributed by atoms with E-state index in [0.29, 0.717) is 20.9 Å². The van der Waals surface area contributed by atoms with Gasteiger partial charge in [0.05, 0.1) is 11.3 Å². The number of anilines is 1. The molecule has 2 N–H and O–H groups in total. The Labute approximate surface area is 179 Å². The van der Waals surface area contributed by atoms with Gasteiger partial charge in [-0.3, -0.25) is 25.2 Å². The van der Waals surface area contributed by atoms with Crippen LogP contribution in [0.2, 0.25) is 5.02 Å². The number of nitrogens with one attached hydrogen (secondary N) is 2. The number of para-hydroxylation sites is 1. The van der Waals surface area contributed by atoms with Crippen molar-refractivity contribution in [2.24, 2.45) is 0 Å². The molecule has 29 heavy (non-hydrogen) atoms. The van der Waals surface area contributed by atoms with Gasteiger partial charge in [0.25, 0.3) is 17.7 Å². The molecule has 0 aliphatic rings. The summed E-state index contributed by atoms with van der Waals surface area (Å²) in [5.41, 5.74) is 5.51. The summed E-state index contributed by atoms with van der Waals surface area (Å²) in [5, 5.41) is 0.402. The molecule has 0 bridgehead atoms. The number of carbonyl (C=O) groups is 3. The molecule has 0 aliphatic carbocycles. The number of nitrogens with zero attached hydrogens (tertiary/aromatic N) is 1. The van der Waals surface area contributed by atoms with Gasteiger partial charge in [0, 0.05) is 17.6 Å². The second-order valence-electron chi connectivity index (χ2n) is 5.90. The number of halogens is 2. The minimum Gasteiger partial charge on any atom is -0.444 e. The Hall–Kier alpha value is -3.10. The molecule has 0 aliphatic heterocycles. The Morgan fingerprint density at radius 3 is 2.38 bits per heavy atom. The third kappa shape index (κ3) is 4.85. The molecule has 9 heteroatoms. The van der Waals surface area contributed by atoms with E-state index < -0.39 is 17.7 Å². The summed E-state index contributed by atoms with van der Waals surface area (Å²) < 4.78 is 5.70. The average molecular weight is 477 g/mol. The number of rotatable bonds is 4. The van der Waals surface area contributed by atoms with Crippen molar-refractivity contribution in [3.05, 3.63) is 87.2 Å². The van der Waals surface area contributed by atoms with Gasteiger partial charge in [0.2, 0.25) is 0 Å². The maximum Gasteiger partial charge on any atom is 0.293 e. The first-order chi connectivity index (χ1) is 13.9. The predicted octanol–water partition coefficient (Wildman–Crippen LogP) is 4.05. The van der Waals surface area contributed by atoms with Crippen LogP contribution in [-0.2, 0) is 0 Å². The third-order valence-corrected chi connectivity index (χ3v) is 4.64. The van der Waals surface area contributed by atoms with Gasteiger partial charge in [-0.15, -0.1) is 0 Å². The van der Waals surface area contributed by atoms with E-state index in [0.717, 1.165) is 0 Å². The molecule has 0 spiro atoms. The van der Waals surface area contributed by atoms with Gasteiger partial charge in [-0.05, 0) is 58.4 Å². The van der Waals surface area contributed by atoms with Gasteiger partial charge in [-0.1, -0.05) is 29.8 Å². The van der Waals surface area contributed by atoms with Crippen molar-refractivity contribution in [3.63, 3.8) is 0 Å². The first-order valence-corrected chi connectivity index (χ1v) is 9.52. The molecule has 0 saturated heterocycles. The fourth-order valence-electron chi connectivity index (χ4n) is 2.54. The van der Waals surface area contributed by atoms with Crippen LogP contribution in [-0.4, -0.2) is 24.8 Å². The Morgan fingerprint density at radius 2 is 1.69 bits per heavy atom. The SMILES string of the molecule is CN(C(=O)c1ccc(Br)o1)c1ccccc1C(=O)NNC(=O)c1cccc(Cl)c1. The summed E-state index contributed by atoms with van der Waals surface area (Å²) in [7, 11) is 1.52. The van der Waals surface area contributed by atoms with Crippen molar-refractivity contribution in [1.29, 1.82) is 0 Å². The molecule has 2 aromatic carbocycles. The van der Waals surface area contributed by atoms with Crippen LogP contribution in [0.3, 0.4) is 0 Å². The monoisotopic (exact) mass is 475 g/mol. The zero-order chi connectivity index (χ0) is 21.0. The molecule has 0 fully saturated rings. The summed E-state index contributed by atoms with van der Waals surface area (Å²) >= 11 is 9.02. The Morgan fingerprint density at radius 1 is 0.966 bits per heavy atom. The second-order valence-corrected chi connectivity index (χ2v) is 7.12. The summed E-state index contributed by atoms with van der Waals surface area (Å²) in [6, 6.07) is 15.9. The highest BCUT2D eigenvalue weighted by Crippen LogP contribution is 2.23. The van der Waals surface area contributed by atoms with E-state index in [1.807, 2.05) is 0 Å². The van der Waals surface area contributed by atoms with E-state index >= 15 is 0 Å². The normalized spacial score (nSPS) is 10.3. The highest BCUT2D eigenvalue weighted by molar-refractivity contribution is 9.10. The largest absolute Gasteiger partial charge is 0.444 e. The van der Waals surface area contributed by atoms with Crippen molar-refractivity contribution in [3.8, 4) is 0 Å². The molecular formula is C20H15BrClN3O4. The van der Waals surface area contributed by atoms with E-state index in [-0.39, 0.29) is 11.3 Å². The minimum absolute atomic E-state index is 0.115. The summed E-state index contributed by atoms with van der Waals surface area (Å²) in [6.07, 6.45) is 0. The molecule has 0 saturated carbocycles. The number of amides is 3. The predicted molar refractivity (Wildman–Crippen MR) is 112 cm³/mol. The average Bonchev–Trinajstić information content (AvgIpc) is 3.17. The molecule has 3 aromatic rings. The molecular weight excluding hydrogens is 462 g/mol. The van der Waals surface area contributed by atoms with E-state index in [1.165, 1.54) is 30.1 Å². The summed E-state index contributed by atoms with van der Waals surface area (Å²) in [4.78, 5) is 38.7. The van der Waals surface area contributed by atoms with E-state index in [1.54, 1.807) is 42.5 Å². The molecule has 7 nitrogen and oxygen atoms in total. The lowest BCUT2D eigenvalue weighted by Crippen LogP contribution is -2.42. The molecule has 1 aromatic heterocycles. The maximum absolute atomic E-state index is 12.6. The van der Waals surface area contributed by atoms with Crippen LogP contribution in [0.4, 0.5) is 5.69 Å². The first kappa shape index (κ1) is 20.6. The molecule has 1 heterocycles. The second kappa shape index (κ2) is 8.93. The zero-order valence-corrected chi connectivity index (χ0v) is 17.5. The number of hydrazine groups is 1. The highest BCUT2D eigenvalue weighted by atomic mass is 79.9. The van der Waals surface area contributed by atoms with Crippen LogP contribution in [0, 0.1) is 0 Å². The number of hydrogen-bond donors (Lipinski definition) is 2. The number of benzene rings is 2. The van der Waals surface area contributed by atoms with Crippen molar-refractivity contribution >= 4 is 50.9 Å². The highest BCUT2D eigenvalue weighted by Gasteiger charge is 2.22. The molecule has 0 radical (unpaired) electrons. The van der Waals surface area contributed by atoms with Gasteiger partial charge in [-0.2, -0.15) is 0 Å². The lowest BCUT2D eigenvalue weighted by atomic mass is 10.1. The number of carbonyl (C=O) groups excluding carboxylic acids is 3. The summed E-state index contributed by atoms with van der Waals surface area (Å²) in [5.74, 6) is -1.43. The third-order valence-electron chi connectivity index (χ3n) is 3.98. The van der Waals surface area contributed by atoms with Gasteiger partial charge in [0.15, 0.2) is 10.4 Å². The van der Waals surface area contributed by atoms with Crippen LogP contribution < -0.4 is 15.8 Å². The van der Waals surface area contributed by atoms with E-state index in [4.69, 9.17) is 16.0 Å². The van der Waals surface area contributed by atoms with Crippen LogP contribution in [0.5, 0.6) is 0 Å². The van der Waals surface area contributed by atoms with Gasteiger partial charge < -0.3 is 9.32 Å². The van der Waals surface area contributed by atoms with Crippen molar-refractivity contribution in [2.45, 2.75) is 0 Å². The van der Waals surface area contributed by atoms with Gasteiger partial charge in [-0.25, -0.2) is 0 Å². The fourth-order valence-corrected chi connectivity index (χ4v) is 3.04. The van der Waals surface area contributed by atoms with Crippen LogP contribution in [0.1, 0.15) is 31.3 Å². The van der Waals surface area contributed by atoms with Crippen molar-refractivity contribution < 1.29 is 18.8 Å². The first-order valence-electron chi connectivity index (χ1n) is 8.35. The standard InChI is InChI=1S/C20H15BrClN3O4/c1-25(20(28)16-9-10-17(21)29-16)15-8-3-2-7-14(15)19(27)24-23-18(26)12-5-4-6-13(22)11-12/h2-11H,1H3,(H,23,26)(H,24,27). The Kier molecular flexibility index (Phi) is 6.36. The summed E-state index contributed by atoms with van der Waals surface area (Å²) in [6.45, 7) is 0. The molecule has 148 valence electrons. The molecule has 3 rings (SSSR count). The Balaban J connectivity index is 1.74. The van der Waals surface area contributed by atoms with Gasteiger partial charge >= 0.3 is 0 Å². The molecule has 3 amide bonds. The fraction of sp³-hybridized carbons (Fsp3) is 0.0500. The smallest absolute Gasteiger partial charge is 0.293 e. The van der Waals surface area contributed by atoms with Gasteiger partial charge in [0.1, 0.15) is 0 Å². The minimum atomic E-state index is -0.587. The zero-order valence-electron chi connectivity index (χ0n) is 15.1. The number of hydrogen-bond acceptors (Lipinski definition) is 4. The maximum atomic E-state index is 12.6. The van der Waals surface area contributed by atoms with Crippen LogP contribution in [0.15, 0.2) is 69.8 Å². The molecule has 0 atom stereocenters. The number of furan rings is 1. The Bertz CT molecular complexity index is 1080. The van der Waals surface area contributed by atoms with Crippen molar-refractivity contribution in [2.75, 3.05) is 11.9 Å². The lowest BCUT2D eigenvalue weighted by molar-refractivity contribution is 0.0846. The molecule has 0 unspecified atom stereocenters. The lowest BCUT2D eigenvalue weighted by Gasteiger charge is -2.19. The van der Waals surface area contributed by atoms with E-state index in [9.17, 15) is 14.4 Å². The van der Waals surface area contributed by atoms with Crippen LogP contribution >= 0.6 is 27.5 Å². The van der Waals surface area contributed by atoms with Crippen LogP contribution in [0.25, 0.3) is 0 Å². The quantitative estimate of drug-likeness (QED) is 0.556. The topological polar surface area (TPSA) is 91.7 Å². The van der Waals surface area contributed by atoms with E-state index in [2.05, 4.69) is 26.8 Å².